The lowest BCUT2D eigenvalue weighted by molar-refractivity contribution is -0.116. The van der Waals surface area contributed by atoms with Crippen molar-refractivity contribution >= 4 is 28.6 Å². The van der Waals surface area contributed by atoms with Gasteiger partial charge in [0.1, 0.15) is 0 Å². The van der Waals surface area contributed by atoms with Crippen molar-refractivity contribution in [3.63, 3.8) is 0 Å². The van der Waals surface area contributed by atoms with Crippen LogP contribution in [0.25, 0.3) is 0 Å². The number of carbonyl (C=O) groups is 1. The first-order valence-corrected chi connectivity index (χ1v) is 5.40. The lowest BCUT2D eigenvalue weighted by Gasteiger charge is -2.35. The molecule has 0 radical (unpaired) electrons. The zero-order valence-electron chi connectivity index (χ0n) is 7.87. The molecular formula is C9H15IN2O. The predicted molar refractivity (Wildman–Crippen MR) is 61.8 cm³/mol. The van der Waals surface area contributed by atoms with Gasteiger partial charge in [-0.15, -0.1) is 0 Å². The van der Waals surface area contributed by atoms with Crippen LogP contribution < -0.4 is 0 Å². The second-order valence-corrected chi connectivity index (χ2v) is 4.62. The van der Waals surface area contributed by atoms with Crippen LogP contribution in [0.1, 0.15) is 6.92 Å². The summed E-state index contributed by atoms with van der Waals surface area (Å²) < 4.78 is 2.28. The molecule has 0 aromatic rings. The van der Waals surface area contributed by atoms with E-state index in [1.165, 1.54) is 6.08 Å². The minimum atomic E-state index is 0.120. The smallest absolute Gasteiger partial charge is 0.169 e. The molecule has 1 fully saturated rings. The highest BCUT2D eigenvalue weighted by Crippen LogP contribution is 2.13. The third-order valence-electron chi connectivity index (χ3n) is 2.24. The van der Waals surface area contributed by atoms with Gasteiger partial charge in [0, 0.05) is 48.5 Å². The summed E-state index contributed by atoms with van der Waals surface area (Å²) in [6.07, 6.45) is 1.40. The van der Waals surface area contributed by atoms with Crippen LogP contribution in [0.2, 0.25) is 0 Å². The van der Waals surface area contributed by atoms with Gasteiger partial charge in [-0.1, -0.05) is 6.58 Å². The first kappa shape index (κ1) is 11.1. The number of ketones is 1. The van der Waals surface area contributed by atoms with Gasteiger partial charge in [0.2, 0.25) is 0 Å². The van der Waals surface area contributed by atoms with Crippen LogP contribution in [0.4, 0.5) is 0 Å². The Morgan fingerprint density at radius 1 is 1.69 bits per heavy atom. The second kappa shape index (κ2) is 5.07. The first-order chi connectivity index (χ1) is 6.13. The maximum Gasteiger partial charge on any atom is 0.169 e. The Balaban J connectivity index is 2.37. The van der Waals surface area contributed by atoms with Gasteiger partial charge in [-0.3, -0.25) is 9.69 Å². The van der Waals surface area contributed by atoms with E-state index in [2.05, 4.69) is 44.4 Å². The van der Waals surface area contributed by atoms with Crippen molar-refractivity contribution in [1.29, 1.82) is 0 Å². The summed E-state index contributed by atoms with van der Waals surface area (Å²) in [5.41, 5.74) is 0. The zero-order chi connectivity index (χ0) is 9.84. The van der Waals surface area contributed by atoms with Crippen molar-refractivity contribution in [2.75, 3.05) is 26.2 Å². The quantitative estimate of drug-likeness (QED) is 0.442. The van der Waals surface area contributed by atoms with Crippen LogP contribution in [-0.2, 0) is 4.79 Å². The van der Waals surface area contributed by atoms with E-state index in [0.717, 1.165) is 19.6 Å². The van der Waals surface area contributed by atoms with E-state index in [1.807, 2.05) is 0 Å². The Morgan fingerprint density at radius 2 is 2.38 bits per heavy atom. The largest absolute Gasteiger partial charge is 0.293 e. The topological polar surface area (TPSA) is 23.6 Å². The Kier molecular flexibility index (Phi) is 4.34. The number of nitrogens with zero attached hydrogens (tertiary/aromatic N) is 2. The summed E-state index contributed by atoms with van der Waals surface area (Å²) in [5.74, 6) is 0.120. The summed E-state index contributed by atoms with van der Waals surface area (Å²) in [4.78, 5) is 13.3. The fraction of sp³-hybridized carbons (Fsp3) is 0.667. The normalized spacial score (nSPS) is 25.8. The van der Waals surface area contributed by atoms with Crippen molar-refractivity contribution in [2.45, 2.75) is 13.0 Å². The molecule has 0 amide bonds. The molecule has 0 aromatic carbocycles. The molecule has 0 bridgehead atoms. The van der Waals surface area contributed by atoms with E-state index in [9.17, 15) is 4.79 Å². The third kappa shape index (κ3) is 3.36. The van der Waals surface area contributed by atoms with E-state index < -0.39 is 0 Å². The van der Waals surface area contributed by atoms with Crippen LogP contribution in [0.5, 0.6) is 0 Å². The van der Waals surface area contributed by atoms with E-state index in [0.29, 0.717) is 12.6 Å². The maximum absolute atomic E-state index is 11.1. The molecule has 0 saturated carbocycles. The summed E-state index contributed by atoms with van der Waals surface area (Å²) in [6.45, 7) is 9.16. The van der Waals surface area contributed by atoms with E-state index in [4.69, 9.17) is 0 Å². The molecule has 1 saturated heterocycles. The number of rotatable bonds is 3. The summed E-state index contributed by atoms with van der Waals surface area (Å²) in [5, 5.41) is 0. The van der Waals surface area contributed by atoms with Crippen molar-refractivity contribution in [2.24, 2.45) is 0 Å². The average Bonchev–Trinajstić information content (AvgIpc) is 2.11. The fourth-order valence-corrected chi connectivity index (χ4v) is 1.83. The standard InChI is InChI=1S/C9H15IN2O/c1-3-9(13)7-11-4-5-12(10)8(2)6-11/h3,8H,1,4-7H2,2H3. The molecule has 74 valence electrons. The van der Waals surface area contributed by atoms with Crippen molar-refractivity contribution in [3.05, 3.63) is 12.7 Å². The number of hydrogen-bond acceptors (Lipinski definition) is 3. The number of hydrogen-bond donors (Lipinski definition) is 0. The van der Waals surface area contributed by atoms with E-state index >= 15 is 0 Å². The summed E-state index contributed by atoms with van der Waals surface area (Å²) >= 11 is 2.34. The van der Waals surface area contributed by atoms with E-state index in [1.54, 1.807) is 0 Å². The highest BCUT2D eigenvalue weighted by atomic mass is 127. The lowest BCUT2D eigenvalue weighted by Crippen LogP contribution is -2.48. The van der Waals surface area contributed by atoms with Crippen LogP contribution >= 0.6 is 22.9 Å². The highest BCUT2D eigenvalue weighted by Gasteiger charge is 2.22. The van der Waals surface area contributed by atoms with Crippen LogP contribution in [-0.4, -0.2) is 46.0 Å². The van der Waals surface area contributed by atoms with Crippen LogP contribution in [0.15, 0.2) is 12.7 Å². The summed E-state index contributed by atoms with van der Waals surface area (Å²) in [6, 6.07) is 0.534. The van der Waals surface area contributed by atoms with Gasteiger partial charge in [0.25, 0.3) is 0 Å². The summed E-state index contributed by atoms with van der Waals surface area (Å²) in [7, 11) is 0. The van der Waals surface area contributed by atoms with Gasteiger partial charge in [-0.25, -0.2) is 3.11 Å². The van der Waals surface area contributed by atoms with Gasteiger partial charge in [0.15, 0.2) is 5.78 Å². The maximum atomic E-state index is 11.1. The Morgan fingerprint density at radius 3 is 2.92 bits per heavy atom. The molecule has 1 unspecified atom stereocenters. The molecule has 1 aliphatic heterocycles. The highest BCUT2D eigenvalue weighted by molar-refractivity contribution is 14.1. The average molecular weight is 294 g/mol. The molecule has 3 nitrogen and oxygen atoms in total. The predicted octanol–water partition coefficient (Wildman–Crippen LogP) is 1.10. The van der Waals surface area contributed by atoms with E-state index in [-0.39, 0.29) is 5.78 Å². The van der Waals surface area contributed by atoms with Crippen molar-refractivity contribution in [1.82, 2.24) is 8.01 Å². The molecule has 1 rings (SSSR count). The third-order valence-corrected chi connectivity index (χ3v) is 3.67. The van der Waals surface area contributed by atoms with Crippen LogP contribution in [0, 0.1) is 0 Å². The number of halogens is 1. The van der Waals surface area contributed by atoms with Gasteiger partial charge < -0.3 is 0 Å². The molecule has 4 heteroatoms. The molecule has 0 N–H and O–H groups in total. The zero-order valence-corrected chi connectivity index (χ0v) is 10.0. The molecule has 1 aliphatic rings. The van der Waals surface area contributed by atoms with Gasteiger partial charge in [-0.2, -0.15) is 0 Å². The fourth-order valence-electron chi connectivity index (χ4n) is 1.44. The molecule has 0 spiro atoms. The monoisotopic (exact) mass is 294 g/mol. The van der Waals surface area contributed by atoms with Gasteiger partial charge in [-0.05, 0) is 13.0 Å². The Hall–Kier alpha value is 0.0600. The number of carbonyl (C=O) groups excluding carboxylic acids is 1. The molecule has 0 aromatic heterocycles. The van der Waals surface area contributed by atoms with Gasteiger partial charge >= 0.3 is 0 Å². The molecule has 13 heavy (non-hydrogen) atoms. The molecule has 1 atom stereocenters. The van der Waals surface area contributed by atoms with Crippen LogP contribution in [0.3, 0.4) is 0 Å². The molecular weight excluding hydrogens is 279 g/mol. The minimum absolute atomic E-state index is 0.120. The Labute approximate surface area is 93.3 Å². The first-order valence-electron chi connectivity index (χ1n) is 4.43. The Bertz CT molecular complexity index is 208. The minimum Gasteiger partial charge on any atom is -0.293 e. The molecule has 0 aliphatic carbocycles. The lowest BCUT2D eigenvalue weighted by atomic mass is 10.2. The SMILES string of the molecule is C=CC(=O)CN1CCN(I)C(C)C1. The van der Waals surface area contributed by atoms with Crippen molar-refractivity contribution in [3.8, 4) is 0 Å². The molecule has 1 heterocycles. The second-order valence-electron chi connectivity index (χ2n) is 3.38. The number of piperazine rings is 1. The van der Waals surface area contributed by atoms with Crippen molar-refractivity contribution < 1.29 is 4.79 Å². The van der Waals surface area contributed by atoms with Gasteiger partial charge in [0.05, 0.1) is 6.54 Å².